The molecule has 3 heterocycles. The summed E-state index contributed by atoms with van der Waals surface area (Å²) in [6.45, 7) is 10.9. The largest absolute Gasteiger partial charge is 0.467 e. The molecule has 0 bridgehead atoms. The average molecular weight is 361 g/mol. The number of hydrogen-bond acceptors (Lipinski definition) is 6. The zero-order valence-electron chi connectivity index (χ0n) is 16.3. The van der Waals surface area contributed by atoms with Crippen molar-refractivity contribution < 1.29 is 9.53 Å². The second-order valence-electron chi connectivity index (χ2n) is 7.30. The maximum absolute atomic E-state index is 12.6. The molecular weight excluding hydrogens is 330 g/mol. The Labute approximate surface area is 156 Å². The Kier molecular flexibility index (Phi) is 6.29. The predicted octanol–water partition coefficient (Wildman–Crippen LogP) is 1.56. The van der Waals surface area contributed by atoms with Gasteiger partial charge in [-0.2, -0.15) is 4.98 Å². The van der Waals surface area contributed by atoms with E-state index in [4.69, 9.17) is 4.74 Å². The van der Waals surface area contributed by atoms with Crippen molar-refractivity contribution in [2.45, 2.75) is 33.1 Å². The third-order valence-corrected chi connectivity index (χ3v) is 5.58. The van der Waals surface area contributed by atoms with Crippen LogP contribution in [0.5, 0.6) is 6.01 Å². The molecule has 144 valence electrons. The Hall–Kier alpha value is -1.89. The van der Waals surface area contributed by atoms with E-state index in [0.717, 1.165) is 70.2 Å². The monoisotopic (exact) mass is 361 g/mol. The van der Waals surface area contributed by atoms with Gasteiger partial charge in [0.1, 0.15) is 5.82 Å². The van der Waals surface area contributed by atoms with Crippen molar-refractivity contribution in [2.75, 3.05) is 57.8 Å². The van der Waals surface area contributed by atoms with Crippen molar-refractivity contribution in [1.82, 2.24) is 19.8 Å². The molecule has 1 aromatic rings. The molecule has 0 aliphatic carbocycles. The lowest BCUT2D eigenvalue weighted by molar-refractivity contribution is -0.134. The summed E-state index contributed by atoms with van der Waals surface area (Å²) in [5, 5.41) is 0. The number of carbonyl (C=O) groups excluding carboxylic acids is 1. The summed E-state index contributed by atoms with van der Waals surface area (Å²) in [6.07, 6.45) is 2.75. The van der Waals surface area contributed by atoms with Crippen LogP contribution in [0.3, 0.4) is 0 Å². The number of nitrogens with zero attached hydrogens (tertiary/aromatic N) is 5. The van der Waals surface area contributed by atoms with Crippen LogP contribution in [0, 0.1) is 12.8 Å². The number of carbonyl (C=O) groups is 1. The van der Waals surface area contributed by atoms with Crippen LogP contribution in [0.15, 0.2) is 6.07 Å². The molecule has 0 saturated carbocycles. The molecule has 0 unspecified atom stereocenters. The van der Waals surface area contributed by atoms with E-state index < -0.39 is 0 Å². The van der Waals surface area contributed by atoms with Gasteiger partial charge in [0.25, 0.3) is 0 Å². The fourth-order valence-corrected chi connectivity index (χ4v) is 3.83. The van der Waals surface area contributed by atoms with Crippen LogP contribution in [0.25, 0.3) is 0 Å². The van der Waals surface area contributed by atoms with Gasteiger partial charge in [0, 0.05) is 57.4 Å². The molecule has 2 saturated heterocycles. The number of methoxy groups -OCH3 is 1. The van der Waals surface area contributed by atoms with E-state index in [2.05, 4.69) is 31.6 Å². The van der Waals surface area contributed by atoms with Gasteiger partial charge >= 0.3 is 6.01 Å². The third kappa shape index (κ3) is 4.63. The molecule has 0 atom stereocenters. The van der Waals surface area contributed by atoms with Gasteiger partial charge in [0.2, 0.25) is 5.91 Å². The molecular formula is C19H31N5O2. The maximum atomic E-state index is 12.6. The second-order valence-corrected chi connectivity index (χ2v) is 7.30. The number of amides is 1. The highest BCUT2D eigenvalue weighted by Gasteiger charge is 2.26. The molecule has 7 nitrogen and oxygen atoms in total. The fourth-order valence-electron chi connectivity index (χ4n) is 3.83. The summed E-state index contributed by atoms with van der Waals surface area (Å²) < 4.78 is 5.18. The van der Waals surface area contributed by atoms with Crippen LogP contribution in [-0.2, 0) is 4.79 Å². The highest BCUT2D eigenvalue weighted by molar-refractivity contribution is 5.76. The van der Waals surface area contributed by atoms with Crippen LogP contribution in [0.2, 0.25) is 0 Å². The lowest BCUT2D eigenvalue weighted by Crippen LogP contribution is -2.49. The molecule has 0 aromatic carbocycles. The van der Waals surface area contributed by atoms with Crippen molar-refractivity contribution in [3.8, 4) is 6.01 Å². The van der Waals surface area contributed by atoms with Crippen molar-refractivity contribution in [2.24, 2.45) is 5.92 Å². The summed E-state index contributed by atoms with van der Waals surface area (Å²) in [5.74, 6) is 1.74. The van der Waals surface area contributed by atoms with Gasteiger partial charge in [-0.3, -0.25) is 4.79 Å². The van der Waals surface area contributed by atoms with Crippen molar-refractivity contribution in [3.63, 3.8) is 0 Å². The third-order valence-electron chi connectivity index (χ3n) is 5.58. The van der Waals surface area contributed by atoms with Crippen molar-refractivity contribution in [1.29, 1.82) is 0 Å². The van der Waals surface area contributed by atoms with Crippen LogP contribution in [0.4, 0.5) is 5.82 Å². The lowest BCUT2D eigenvalue weighted by Gasteiger charge is -2.36. The maximum Gasteiger partial charge on any atom is 0.318 e. The van der Waals surface area contributed by atoms with Crippen molar-refractivity contribution in [3.05, 3.63) is 11.8 Å². The van der Waals surface area contributed by atoms with Crippen LogP contribution in [0.1, 0.15) is 31.9 Å². The number of anilines is 1. The first-order chi connectivity index (χ1) is 12.6. The van der Waals surface area contributed by atoms with Gasteiger partial charge in [0.05, 0.1) is 7.11 Å². The SMILES string of the molecule is CCN1CCN(C(=O)CC2CCN(c3cc(C)nc(OC)n3)CC2)CC1. The molecule has 26 heavy (non-hydrogen) atoms. The van der Waals surface area contributed by atoms with Gasteiger partial charge in [-0.25, -0.2) is 4.98 Å². The summed E-state index contributed by atoms with van der Waals surface area (Å²) in [7, 11) is 1.59. The van der Waals surface area contributed by atoms with Crippen LogP contribution >= 0.6 is 0 Å². The minimum atomic E-state index is 0.332. The first-order valence-corrected chi connectivity index (χ1v) is 9.73. The minimum Gasteiger partial charge on any atom is -0.467 e. The van der Waals surface area contributed by atoms with E-state index in [0.29, 0.717) is 24.3 Å². The van der Waals surface area contributed by atoms with E-state index in [1.54, 1.807) is 7.11 Å². The normalized spacial score (nSPS) is 19.7. The van der Waals surface area contributed by atoms with Gasteiger partial charge < -0.3 is 19.4 Å². The number of piperidine rings is 1. The molecule has 1 aromatic heterocycles. The molecule has 7 heteroatoms. The summed E-state index contributed by atoms with van der Waals surface area (Å²) in [6, 6.07) is 2.42. The number of rotatable bonds is 5. The number of hydrogen-bond donors (Lipinski definition) is 0. The molecule has 2 fully saturated rings. The van der Waals surface area contributed by atoms with E-state index in [-0.39, 0.29) is 0 Å². The molecule has 3 rings (SSSR count). The number of likely N-dealkylation sites (N-methyl/N-ethyl adjacent to an activating group) is 1. The van der Waals surface area contributed by atoms with E-state index >= 15 is 0 Å². The Morgan fingerprint density at radius 3 is 2.46 bits per heavy atom. The first-order valence-electron chi connectivity index (χ1n) is 9.73. The van der Waals surface area contributed by atoms with E-state index in [1.165, 1.54) is 0 Å². The zero-order valence-corrected chi connectivity index (χ0v) is 16.3. The molecule has 2 aliphatic rings. The second kappa shape index (κ2) is 8.66. The molecule has 0 spiro atoms. The summed E-state index contributed by atoms with van der Waals surface area (Å²) in [4.78, 5) is 28.0. The van der Waals surface area contributed by atoms with Gasteiger partial charge in [0.15, 0.2) is 0 Å². The predicted molar refractivity (Wildman–Crippen MR) is 102 cm³/mol. The number of ether oxygens (including phenoxy) is 1. The van der Waals surface area contributed by atoms with Gasteiger partial charge in [-0.05, 0) is 32.2 Å². The Bertz CT molecular complexity index is 608. The topological polar surface area (TPSA) is 61.8 Å². The Morgan fingerprint density at radius 1 is 1.15 bits per heavy atom. The zero-order chi connectivity index (χ0) is 18.5. The van der Waals surface area contributed by atoms with Gasteiger partial charge in [-0.1, -0.05) is 6.92 Å². The molecule has 1 amide bonds. The number of aryl methyl sites for hydroxylation is 1. The average Bonchev–Trinajstić information content (AvgIpc) is 2.68. The van der Waals surface area contributed by atoms with E-state index in [9.17, 15) is 4.79 Å². The highest BCUT2D eigenvalue weighted by atomic mass is 16.5. The minimum absolute atomic E-state index is 0.332. The smallest absolute Gasteiger partial charge is 0.318 e. The van der Waals surface area contributed by atoms with Crippen LogP contribution < -0.4 is 9.64 Å². The van der Waals surface area contributed by atoms with Gasteiger partial charge in [-0.15, -0.1) is 0 Å². The number of aromatic nitrogens is 2. The van der Waals surface area contributed by atoms with Crippen molar-refractivity contribution >= 4 is 11.7 Å². The Balaban J connectivity index is 1.48. The number of piperazine rings is 1. The fraction of sp³-hybridized carbons (Fsp3) is 0.737. The lowest BCUT2D eigenvalue weighted by atomic mass is 9.93. The van der Waals surface area contributed by atoms with E-state index in [1.807, 2.05) is 13.0 Å². The van der Waals surface area contributed by atoms with Crippen LogP contribution in [-0.4, -0.2) is 78.6 Å². The standard InChI is InChI=1S/C19H31N5O2/c1-4-22-9-11-24(12-10-22)18(25)14-16-5-7-23(8-6-16)17-13-15(2)20-19(21-17)26-3/h13,16H,4-12,14H2,1-3H3. The quantitative estimate of drug-likeness (QED) is 0.793. The summed E-state index contributed by atoms with van der Waals surface area (Å²) in [5.41, 5.74) is 0.912. The molecule has 0 radical (unpaired) electrons. The highest BCUT2D eigenvalue weighted by Crippen LogP contribution is 2.26. The molecule has 2 aliphatic heterocycles. The Morgan fingerprint density at radius 2 is 1.85 bits per heavy atom. The summed E-state index contributed by atoms with van der Waals surface area (Å²) >= 11 is 0. The molecule has 0 N–H and O–H groups in total. The first kappa shape index (κ1) is 18.9.